The predicted molar refractivity (Wildman–Crippen MR) is 78.8 cm³/mol. The van der Waals surface area contributed by atoms with Crippen molar-refractivity contribution in [2.45, 2.75) is 26.8 Å². The van der Waals surface area contributed by atoms with E-state index < -0.39 is 0 Å². The van der Waals surface area contributed by atoms with Crippen molar-refractivity contribution in [3.05, 3.63) is 59.2 Å². The van der Waals surface area contributed by atoms with Gasteiger partial charge < -0.3 is 5.32 Å². The van der Waals surface area contributed by atoms with Crippen LogP contribution in [0.5, 0.6) is 0 Å². The molecule has 0 aliphatic carbocycles. The first-order valence-corrected chi connectivity index (χ1v) is 6.58. The summed E-state index contributed by atoms with van der Waals surface area (Å²) in [5.74, 6) is 0. The minimum absolute atomic E-state index is 0.917. The first kappa shape index (κ1) is 12.8. The van der Waals surface area contributed by atoms with Gasteiger partial charge in [-0.25, -0.2) is 0 Å². The highest BCUT2D eigenvalue weighted by Gasteiger charge is 2.04. The third-order valence-electron chi connectivity index (χ3n) is 3.33. The van der Waals surface area contributed by atoms with Crippen LogP contribution in [0.1, 0.15) is 23.6 Å². The van der Waals surface area contributed by atoms with Gasteiger partial charge in [0.1, 0.15) is 0 Å². The van der Waals surface area contributed by atoms with Crippen molar-refractivity contribution in [1.82, 2.24) is 5.32 Å². The van der Waals surface area contributed by atoms with E-state index in [-0.39, 0.29) is 0 Å². The molecule has 1 N–H and O–H groups in total. The molecule has 0 saturated heterocycles. The Morgan fingerprint density at radius 1 is 1.00 bits per heavy atom. The molecule has 18 heavy (non-hydrogen) atoms. The fraction of sp³-hybridized carbons (Fsp3) is 0.294. The standard InChI is InChI=1S/C17H21N/c1-4-14-6-5-7-16(10-14)17-11-15(12-18-3)9-8-13(17)2/h5-11,18H,4,12H2,1-3H3. The molecular weight excluding hydrogens is 218 g/mol. The van der Waals surface area contributed by atoms with Crippen LogP contribution in [0.3, 0.4) is 0 Å². The SMILES string of the molecule is CCc1cccc(-c2cc(CNC)ccc2C)c1. The van der Waals surface area contributed by atoms with E-state index in [1.807, 2.05) is 7.05 Å². The molecule has 2 aromatic rings. The summed E-state index contributed by atoms with van der Waals surface area (Å²) in [5.41, 5.74) is 6.73. The fourth-order valence-electron chi connectivity index (χ4n) is 2.25. The number of aryl methyl sites for hydroxylation is 2. The molecule has 2 rings (SSSR count). The van der Waals surface area contributed by atoms with Crippen LogP contribution in [-0.4, -0.2) is 7.05 Å². The lowest BCUT2D eigenvalue weighted by atomic mass is 9.96. The lowest BCUT2D eigenvalue weighted by Gasteiger charge is -2.10. The van der Waals surface area contributed by atoms with Gasteiger partial charge in [0.25, 0.3) is 0 Å². The van der Waals surface area contributed by atoms with Crippen LogP contribution in [-0.2, 0) is 13.0 Å². The van der Waals surface area contributed by atoms with Crippen LogP contribution in [0.2, 0.25) is 0 Å². The molecule has 0 bridgehead atoms. The molecule has 2 aromatic carbocycles. The third-order valence-corrected chi connectivity index (χ3v) is 3.33. The van der Waals surface area contributed by atoms with Crippen LogP contribution in [0.4, 0.5) is 0 Å². The van der Waals surface area contributed by atoms with Crippen LogP contribution in [0, 0.1) is 6.92 Å². The Balaban J connectivity index is 2.44. The quantitative estimate of drug-likeness (QED) is 0.852. The molecular formula is C17H21N. The highest BCUT2D eigenvalue weighted by molar-refractivity contribution is 5.68. The zero-order valence-electron chi connectivity index (χ0n) is 11.5. The second-order valence-corrected chi connectivity index (χ2v) is 4.73. The first-order chi connectivity index (χ1) is 8.74. The maximum atomic E-state index is 3.20. The van der Waals surface area contributed by atoms with Crippen molar-refractivity contribution in [3.8, 4) is 11.1 Å². The highest BCUT2D eigenvalue weighted by Crippen LogP contribution is 2.25. The average Bonchev–Trinajstić information content (AvgIpc) is 2.41. The molecule has 0 unspecified atom stereocenters. The van der Waals surface area contributed by atoms with E-state index in [9.17, 15) is 0 Å². The maximum Gasteiger partial charge on any atom is 0.0202 e. The minimum Gasteiger partial charge on any atom is -0.316 e. The summed E-state index contributed by atoms with van der Waals surface area (Å²) >= 11 is 0. The van der Waals surface area contributed by atoms with E-state index in [0.717, 1.165) is 13.0 Å². The minimum atomic E-state index is 0.917. The first-order valence-electron chi connectivity index (χ1n) is 6.58. The predicted octanol–water partition coefficient (Wildman–Crippen LogP) is 3.94. The summed E-state index contributed by atoms with van der Waals surface area (Å²) in [6.07, 6.45) is 1.09. The molecule has 0 aliphatic rings. The largest absolute Gasteiger partial charge is 0.316 e. The van der Waals surface area contributed by atoms with Gasteiger partial charge >= 0.3 is 0 Å². The Morgan fingerprint density at radius 3 is 2.56 bits per heavy atom. The molecule has 1 heteroatoms. The summed E-state index contributed by atoms with van der Waals surface area (Å²) in [5, 5.41) is 3.20. The van der Waals surface area contributed by atoms with Gasteiger partial charge in [-0.1, -0.05) is 43.3 Å². The Labute approximate surface area is 110 Å². The van der Waals surface area contributed by atoms with Crippen molar-refractivity contribution < 1.29 is 0 Å². The molecule has 0 aromatic heterocycles. The number of rotatable bonds is 4. The second kappa shape index (κ2) is 5.83. The van der Waals surface area contributed by atoms with Crippen molar-refractivity contribution in [2.75, 3.05) is 7.05 Å². The maximum absolute atomic E-state index is 3.20. The third kappa shape index (κ3) is 2.80. The van der Waals surface area contributed by atoms with Gasteiger partial charge in [-0.15, -0.1) is 0 Å². The number of benzene rings is 2. The van der Waals surface area contributed by atoms with E-state index >= 15 is 0 Å². The van der Waals surface area contributed by atoms with E-state index in [0.29, 0.717) is 0 Å². The molecule has 94 valence electrons. The van der Waals surface area contributed by atoms with Crippen molar-refractivity contribution >= 4 is 0 Å². The summed E-state index contributed by atoms with van der Waals surface area (Å²) in [7, 11) is 1.98. The van der Waals surface area contributed by atoms with Gasteiger partial charge in [0.15, 0.2) is 0 Å². The zero-order valence-corrected chi connectivity index (χ0v) is 11.5. The van der Waals surface area contributed by atoms with E-state index in [4.69, 9.17) is 0 Å². The van der Waals surface area contributed by atoms with Gasteiger partial charge in [0.05, 0.1) is 0 Å². The Hall–Kier alpha value is -1.60. The average molecular weight is 239 g/mol. The smallest absolute Gasteiger partial charge is 0.0202 e. The molecule has 0 heterocycles. The number of hydrogen-bond donors (Lipinski definition) is 1. The van der Waals surface area contributed by atoms with Crippen LogP contribution < -0.4 is 5.32 Å². The Morgan fingerprint density at radius 2 is 1.83 bits per heavy atom. The molecule has 0 aliphatic heterocycles. The van der Waals surface area contributed by atoms with Gasteiger partial charge in [0, 0.05) is 6.54 Å². The summed E-state index contributed by atoms with van der Waals surface area (Å²) in [6.45, 7) is 5.29. The van der Waals surface area contributed by atoms with Crippen LogP contribution in [0.15, 0.2) is 42.5 Å². The van der Waals surface area contributed by atoms with Gasteiger partial charge in [0.2, 0.25) is 0 Å². The molecule has 0 spiro atoms. The van der Waals surface area contributed by atoms with E-state index in [2.05, 4.69) is 61.6 Å². The molecule has 0 fully saturated rings. The molecule has 0 radical (unpaired) electrons. The Bertz CT molecular complexity index is 529. The lowest BCUT2D eigenvalue weighted by Crippen LogP contribution is -2.05. The molecule has 0 amide bonds. The Kier molecular flexibility index (Phi) is 4.16. The highest BCUT2D eigenvalue weighted by atomic mass is 14.8. The van der Waals surface area contributed by atoms with Gasteiger partial charge in [-0.05, 0) is 54.3 Å². The van der Waals surface area contributed by atoms with Crippen molar-refractivity contribution in [1.29, 1.82) is 0 Å². The number of hydrogen-bond acceptors (Lipinski definition) is 1. The molecule has 1 nitrogen and oxygen atoms in total. The van der Waals surface area contributed by atoms with Crippen molar-refractivity contribution in [3.63, 3.8) is 0 Å². The van der Waals surface area contributed by atoms with E-state index in [1.165, 1.54) is 27.8 Å². The van der Waals surface area contributed by atoms with Crippen molar-refractivity contribution in [2.24, 2.45) is 0 Å². The molecule has 0 saturated carbocycles. The monoisotopic (exact) mass is 239 g/mol. The van der Waals surface area contributed by atoms with Gasteiger partial charge in [-0.3, -0.25) is 0 Å². The van der Waals surface area contributed by atoms with E-state index in [1.54, 1.807) is 0 Å². The molecule has 0 atom stereocenters. The van der Waals surface area contributed by atoms with Crippen LogP contribution >= 0.6 is 0 Å². The fourth-order valence-corrected chi connectivity index (χ4v) is 2.25. The van der Waals surface area contributed by atoms with Crippen LogP contribution in [0.25, 0.3) is 11.1 Å². The zero-order chi connectivity index (χ0) is 13.0. The topological polar surface area (TPSA) is 12.0 Å². The second-order valence-electron chi connectivity index (χ2n) is 4.73. The summed E-state index contributed by atoms with van der Waals surface area (Å²) < 4.78 is 0. The summed E-state index contributed by atoms with van der Waals surface area (Å²) in [4.78, 5) is 0. The summed E-state index contributed by atoms with van der Waals surface area (Å²) in [6, 6.07) is 15.5. The normalized spacial score (nSPS) is 10.6. The van der Waals surface area contributed by atoms with Gasteiger partial charge in [-0.2, -0.15) is 0 Å². The number of nitrogens with one attached hydrogen (secondary N) is 1. The lowest BCUT2D eigenvalue weighted by molar-refractivity contribution is 0.818.